The number of fused-ring (bicyclic) bond motifs is 1. The van der Waals surface area contributed by atoms with Crippen LogP contribution in [0.4, 0.5) is 5.69 Å². The van der Waals surface area contributed by atoms with E-state index >= 15 is 0 Å². The number of nitrogens with one attached hydrogen (secondary N) is 1. The highest BCUT2D eigenvalue weighted by atomic mass is 16.5. The molecule has 1 N–H and O–H groups in total. The number of pyridine rings is 1. The Hall–Kier alpha value is -3.42. The summed E-state index contributed by atoms with van der Waals surface area (Å²) < 4.78 is 7.74. The molecule has 1 amide bonds. The minimum absolute atomic E-state index is 0.144. The van der Waals surface area contributed by atoms with Gasteiger partial charge in [-0.15, -0.1) is 0 Å². The van der Waals surface area contributed by atoms with E-state index in [1.165, 1.54) is 11.6 Å². The van der Waals surface area contributed by atoms with Crippen molar-refractivity contribution in [1.29, 1.82) is 0 Å². The van der Waals surface area contributed by atoms with Gasteiger partial charge in [-0.1, -0.05) is 19.1 Å². The Kier molecular flexibility index (Phi) is 5.81. The van der Waals surface area contributed by atoms with Crippen LogP contribution in [0.3, 0.4) is 0 Å². The highest BCUT2D eigenvalue weighted by Gasteiger charge is 2.18. The van der Waals surface area contributed by atoms with Crippen molar-refractivity contribution in [2.45, 2.75) is 26.7 Å². The summed E-state index contributed by atoms with van der Waals surface area (Å²) in [5.41, 5.74) is 1.25. The van der Waals surface area contributed by atoms with Crippen molar-refractivity contribution >= 4 is 22.6 Å². The molecule has 0 saturated heterocycles. The molecule has 8 heteroatoms. The molecule has 8 nitrogen and oxygen atoms in total. The minimum atomic E-state index is -0.484. The topological polar surface area (TPSA) is 95.2 Å². The van der Waals surface area contributed by atoms with Gasteiger partial charge in [-0.25, -0.2) is 9.78 Å². The van der Waals surface area contributed by atoms with E-state index in [2.05, 4.69) is 10.3 Å². The monoisotopic (exact) mass is 396 g/mol. The minimum Gasteiger partial charge on any atom is -0.494 e. The summed E-state index contributed by atoms with van der Waals surface area (Å²) in [6, 6.07) is 7.30. The van der Waals surface area contributed by atoms with E-state index in [1.54, 1.807) is 13.2 Å². The van der Waals surface area contributed by atoms with Crippen LogP contribution < -0.4 is 21.3 Å². The van der Waals surface area contributed by atoms with Crippen LogP contribution in [0, 0.1) is 0 Å². The molecule has 0 aliphatic heterocycles. The van der Waals surface area contributed by atoms with Gasteiger partial charge < -0.3 is 10.1 Å². The average molecular weight is 396 g/mol. The Morgan fingerprint density at radius 1 is 1.10 bits per heavy atom. The van der Waals surface area contributed by atoms with Gasteiger partial charge in [-0.05, 0) is 36.6 Å². The molecule has 1 aromatic carbocycles. The van der Waals surface area contributed by atoms with Gasteiger partial charge in [0.25, 0.3) is 5.56 Å². The van der Waals surface area contributed by atoms with Crippen LogP contribution in [0.2, 0.25) is 0 Å². The molecule has 152 valence electrons. The fraction of sp³-hybridized carbons (Fsp3) is 0.333. The summed E-state index contributed by atoms with van der Waals surface area (Å²) in [5, 5.41) is 3.10. The van der Waals surface area contributed by atoms with E-state index in [0.29, 0.717) is 18.7 Å². The van der Waals surface area contributed by atoms with Crippen molar-refractivity contribution in [3.63, 3.8) is 0 Å². The van der Waals surface area contributed by atoms with Crippen LogP contribution in [0.5, 0.6) is 5.75 Å². The summed E-state index contributed by atoms with van der Waals surface area (Å²) in [7, 11) is 2.96. The van der Waals surface area contributed by atoms with Crippen LogP contribution in [-0.2, 0) is 31.7 Å². The standard InChI is InChI=1S/C21H24N4O4/c1-5-14-12-22-19-17(20(27)25(4)21(28)24(19)3)18(14)23-16(26)11-13-7-9-15(10-8-13)29-6-2/h7-10,12H,5-6,11H2,1-4H3,(H,22,23,26). The average Bonchev–Trinajstić information content (AvgIpc) is 2.72. The first-order chi connectivity index (χ1) is 13.9. The lowest BCUT2D eigenvalue weighted by Gasteiger charge is -2.15. The zero-order valence-electron chi connectivity index (χ0n) is 17.0. The predicted octanol–water partition coefficient (Wildman–Crippen LogP) is 1.77. The number of aryl methyl sites for hydroxylation is 2. The van der Waals surface area contributed by atoms with Crippen LogP contribution >= 0.6 is 0 Å². The SMILES string of the molecule is CCOc1ccc(CC(=O)Nc2c(CC)cnc3c2c(=O)n(C)c(=O)n3C)cc1. The van der Waals surface area contributed by atoms with E-state index in [1.807, 2.05) is 38.1 Å². The highest BCUT2D eigenvalue weighted by molar-refractivity contribution is 6.01. The predicted molar refractivity (Wildman–Crippen MR) is 112 cm³/mol. The van der Waals surface area contributed by atoms with Crippen molar-refractivity contribution in [2.75, 3.05) is 11.9 Å². The van der Waals surface area contributed by atoms with Crippen LogP contribution in [0.25, 0.3) is 11.0 Å². The summed E-state index contributed by atoms with van der Waals surface area (Å²) >= 11 is 0. The quantitative estimate of drug-likeness (QED) is 0.685. The molecule has 3 rings (SSSR count). The molecule has 0 saturated carbocycles. The van der Waals surface area contributed by atoms with Crippen LogP contribution in [0.1, 0.15) is 25.0 Å². The Labute approximate surface area is 167 Å². The van der Waals surface area contributed by atoms with Gasteiger partial charge in [-0.3, -0.25) is 18.7 Å². The molecule has 0 spiro atoms. The molecule has 0 aliphatic carbocycles. The molecule has 0 aliphatic rings. The Morgan fingerprint density at radius 2 is 1.79 bits per heavy atom. The van der Waals surface area contributed by atoms with Crippen molar-refractivity contribution < 1.29 is 9.53 Å². The van der Waals surface area contributed by atoms with E-state index in [-0.39, 0.29) is 23.4 Å². The third-order valence-corrected chi connectivity index (χ3v) is 4.79. The molecule has 0 radical (unpaired) electrons. The number of hydrogen-bond donors (Lipinski definition) is 1. The third kappa shape index (κ3) is 3.91. The second kappa shape index (κ2) is 8.30. The summed E-state index contributed by atoms with van der Waals surface area (Å²) in [4.78, 5) is 42.0. The Morgan fingerprint density at radius 3 is 2.41 bits per heavy atom. The maximum Gasteiger partial charge on any atom is 0.332 e. The third-order valence-electron chi connectivity index (χ3n) is 4.79. The molecular formula is C21H24N4O4. The van der Waals surface area contributed by atoms with Gasteiger partial charge in [-0.2, -0.15) is 0 Å². The van der Waals surface area contributed by atoms with Gasteiger partial charge in [0.1, 0.15) is 11.1 Å². The maximum atomic E-state index is 12.8. The smallest absolute Gasteiger partial charge is 0.332 e. The van der Waals surface area contributed by atoms with Crippen LogP contribution in [0.15, 0.2) is 40.1 Å². The first-order valence-electron chi connectivity index (χ1n) is 9.46. The number of rotatable bonds is 6. The lowest BCUT2D eigenvalue weighted by atomic mass is 10.1. The van der Waals surface area contributed by atoms with Gasteiger partial charge in [0.15, 0.2) is 5.65 Å². The fourth-order valence-corrected chi connectivity index (χ4v) is 3.22. The number of aromatic nitrogens is 3. The zero-order chi connectivity index (χ0) is 21.1. The molecule has 2 aromatic heterocycles. The van der Waals surface area contributed by atoms with Gasteiger partial charge in [0.2, 0.25) is 5.91 Å². The van der Waals surface area contributed by atoms with Crippen molar-refractivity contribution in [2.24, 2.45) is 14.1 Å². The summed E-state index contributed by atoms with van der Waals surface area (Å²) in [5.74, 6) is 0.488. The first kappa shape index (κ1) is 20.3. The van der Waals surface area contributed by atoms with Gasteiger partial charge in [0.05, 0.1) is 18.7 Å². The molecular weight excluding hydrogens is 372 g/mol. The van der Waals surface area contributed by atoms with Crippen LogP contribution in [-0.4, -0.2) is 26.6 Å². The second-order valence-electron chi connectivity index (χ2n) is 6.72. The van der Waals surface area contributed by atoms with Gasteiger partial charge in [0, 0.05) is 20.3 Å². The number of nitrogens with zero attached hydrogens (tertiary/aromatic N) is 3. The van der Waals surface area contributed by atoms with Crippen molar-refractivity contribution in [1.82, 2.24) is 14.1 Å². The maximum absolute atomic E-state index is 12.8. The normalized spacial score (nSPS) is 10.9. The number of amides is 1. The first-order valence-corrected chi connectivity index (χ1v) is 9.46. The molecule has 0 bridgehead atoms. The zero-order valence-corrected chi connectivity index (χ0v) is 17.0. The molecule has 0 unspecified atom stereocenters. The van der Waals surface area contributed by atoms with E-state index < -0.39 is 11.2 Å². The molecule has 0 atom stereocenters. The lowest BCUT2D eigenvalue weighted by molar-refractivity contribution is -0.115. The van der Waals surface area contributed by atoms with E-state index in [0.717, 1.165) is 21.4 Å². The van der Waals surface area contributed by atoms with E-state index in [4.69, 9.17) is 4.74 Å². The fourth-order valence-electron chi connectivity index (χ4n) is 3.22. The number of hydrogen-bond acceptors (Lipinski definition) is 5. The summed E-state index contributed by atoms with van der Waals surface area (Å²) in [6.07, 6.45) is 2.31. The highest BCUT2D eigenvalue weighted by Crippen LogP contribution is 2.23. The second-order valence-corrected chi connectivity index (χ2v) is 6.72. The van der Waals surface area contributed by atoms with Gasteiger partial charge >= 0.3 is 5.69 Å². The van der Waals surface area contributed by atoms with Crippen molar-refractivity contribution in [3.8, 4) is 5.75 Å². The molecule has 3 aromatic rings. The van der Waals surface area contributed by atoms with Crippen molar-refractivity contribution in [3.05, 3.63) is 62.4 Å². The molecule has 2 heterocycles. The number of benzene rings is 1. The summed E-state index contributed by atoms with van der Waals surface area (Å²) in [6.45, 7) is 4.40. The lowest BCUT2D eigenvalue weighted by Crippen LogP contribution is -2.38. The number of carbonyl (C=O) groups is 1. The molecule has 29 heavy (non-hydrogen) atoms. The molecule has 0 fully saturated rings. The number of carbonyl (C=O) groups excluding carboxylic acids is 1. The largest absolute Gasteiger partial charge is 0.494 e. The number of anilines is 1. The Bertz CT molecular complexity index is 1180. The number of ether oxygens (including phenoxy) is 1. The van der Waals surface area contributed by atoms with E-state index in [9.17, 15) is 14.4 Å². The Balaban J connectivity index is 1.99.